The second kappa shape index (κ2) is 7.09. The van der Waals surface area contributed by atoms with Crippen LogP contribution in [0.4, 0.5) is 0 Å². The number of hydrogen-bond donors (Lipinski definition) is 1. The summed E-state index contributed by atoms with van der Waals surface area (Å²) < 4.78 is 0. The van der Waals surface area contributed by atoms with Crippen molar-refractivity contribution in [2.24, 2.45) is 0 Å². The maximum absolute atomic E-state index is 4.66. The Bertz CT molecular complexity index is 581. The van der Waals surface area contributed by atoms with Crippen molar-refractivity contribution in [1.29, 1.82) is 0 Å². The Morgan fingerprint density at radius 3 is 2.29 bits per heavy atom. The number of nitrogens with one attached hydrogen (secondary N) is 1. The summed E-state index contributed by atoms with van der Waals surface area (Å²) in [4.78, 5) is 13.8. The summed E-state index contributed by atoms with van der Waals surface area (Å²) in [6, 6.07) is 0.513. The molecule has 21 heavy (non-hydrogen) atoms. The fourth-order valence-corrected chi connectivity index (χ4v) is 3.12. The molecular formula is C16H24N4S. The number of nitrogens with zero attached hydrogens (tertiary/aromatic N) is 3. The molecule has 4 nitrogen and oxygen atoms in total. The molecule has 1 N–H and O–H groups in total. The molecule has 2 rings (SSSR count). The molecule has 2 heterocycles. The monoisotopic (exact) mass is 304 g/mol. The van der Waals surface area contributed by atoms with Crippen LogP contribution in [0.15, 0.2) is 5.38 Å². The average Bonchev–Trinajstić information content (AvgIpc) is 2.78. The molecule has 0 unspecified atom stereocenters. The van der Waals surface area contributed by atoms with E-state index in [1.165, 1.54) is 5.56 Å². The predicted octanol–water partition coefficient (Wildman–Crippen LogP) is 2.99. The van der Waals surface area contributed by atoms with E-state index in [-0.39, 0.29) is 0 Å². The van der Waals surface area contributed by atoms with Gasteiger partial charge in [-0.2, -0.15) is 0 Å². The van der Waals surface area contributed by atoms with E-state index in [0.29, 0.717) is 6.04 Å². The number of aryl methyl sites for hydroxylation is 3. The normalized spacial score (nSPS) is 11.3. The lowest BCUT2D eigenvalue weighted by molar-refractivity contribution is 0.587. The summed E-state index contributed by atoms with van der Waals surface area (Å²) in [5.41, 5.74) is 4.52. The lowest BCUT2D eigenvalue weighted by Crippen LogP contribution is -2.25. The summed E-state index contributed by atoms with van der Waals surface area (Å²) in [5, 5.41) is 6.60. The third-order valence-electron chi connectivity index (χ3n) is 3.37. The largest absolute Gasteiger partial charge is 0.314 e. The van der Waals surface area contributed by atoms with Crippen molar-refractivity contribution in [3.63, 3.8) is 0 Å². The molecule has 114 valence electrons. The number of hydrogen-bond acceptors (Lipinski definition) is 5. The second-order valence-electron chi connectivity index (χ2n) is 5.71. The molecule has 0 amide bonds. The van der Waals surface area contributed by atoms with Crippen LogP contribution < -0.4 is 5.32 Å². The van der Waals surface area contributed by atoms with Gasteiger partial charge < -0.3 is 5.32 Å². The van der Waals surface area contributed by atoms with Crippen molar-refractivity contribution >= 4 is 11.3 Å². The molecule has 0 saturated heterocycles. The van der Waals surface area contributed by atoms with Gasteiger partial charge in [-0.15, -0.1) is 11.3 Å². The standard InChI is InChI=1S/C16H24N4S/c1-10(2)17-7-6-14-12(4)19-15(20-13(14)5)8-16-18-11(3)9-21-16/h9-10,17H,6-8H2,1-5H3. The Labute approximate surface area is 131 Å². The minimum atomic E-state index is 0.513. The molecule has 0 saturated carbocycles. The van der Waals surface area contributed by atoms with Crippen molar-refractivity contribution < 1.29 is 0 Å². The highest BCUT2D eigenvalue weighted by Crippen LogP contribution is 2.15. The topological polar surface area (TPSA) is 50.7 Å². The Hall–Kier alpha value is -1.33. The summed E-state index contributed by atoms with van der Waals surface area (Å²) in [5.74, 6) is 0.875. The third-order valence-corrected chi connectivity index (χ3v) is 4.34. The van der Waals surface area contributed by atoms with Gasteiger partial charge in [0.05, 0.1) is 6.42 Å². The van der Waals surface area contributed by atoms with Gasteiger partial charge in [0.2, 0.25) is 0 Å². The third kappa shape index (κ3) is 4.58. The molecule has 2 aromatic rings. The van der Waals surface area contributed by atoms with Crippen LogP contribution in [-0.4, -0.2) is 27.5 Å². The van der Waals surface area contributed by atoms with Crippen LogP contribution in [-0.2, 0) is 12.8 Å². The molecule has 2 aromatic heterocycles. The zero-order valence-electron chi connectivity index (χ0n) is 13.5. The van der Waals surface area contributed by atoms with E-state index in [1.54, 1.807) is 11.3 Å². The fourth-order valence-electron chi connectivity index (χ4n) is 2.35. The smallest absolute Gasteiger partial charge is 0.135 e. The van der Waals surface area contributed by atoms with E-state index in [4.69, 9.17) is 0 Å². The predicted molar refractivity (Wildman–Crippen MR) is 88.0 cm³/mol. The van der Waals surface area contributed by atoms with Crippen molar-refractivity contribution in [3.05, 3.63) is 38.9 Å². The second-order valence-corrected chi connectivity index (χ2v) is 6.65. The van der Waals surface area contributed by atoms with Crippen molar-refractivity contribution in [2.45, 2.75) is 53.5 Å². The molecule has 0 aliphatic heterocycles. The van der Waals surface area contributed by atoms with Gasteiger partial charge >= 0.3 is 0 Å². The molecule has 0 fully saturated rings. The van der Waals surface area contributed by atoms with Gasteiger partial charge in [-0.3, -0.25) is 0 Å². The highest BCUT2D eigenvalue weighted by molar-refractivity contribution is 7.09. The van der Waals surface area contributed by atoms with Crippen LogP contribution >= 0.6 is 11.3 Å². The van der Waals surface area contributed by atoms with Gasteiger partial charge in [0.1, 0.15) is 10.8 Å². The average molecular weight is 304 g/mol. The van der Waals surface area contributed by atoms with E-state index < -0.39 is 0 Å². The van der Waals surface area contributed by atoms with Gasteiger partial charge in [0.25, 0.3) is 0 Å². The maximum Gasteiger partial charge on any atom is 0.135 e. The molecule has 5 heteroatoms. The summed E-state index contributed by atoms with van der Waals surface area (Å²) in [6.45, 7) is 11.5. The van der Waals surface area contributed by atoms with Crippen molar-refractivity contribution in [2.75, 3.05) is 6.54 Å². The molecule has 0 aliphatic rings. The van der Waals surface area contributed by atoms with E-state index in [1.807, 2.05) is 6.92 Å². The van der Waals surface area contributed by atoms with E-state index in [2.05, 4.69) is 53.3 Å². The Kier molecular flexibility index (Phi) is 5.42. The van der Waals surface area contributed by atoms with E-state index >= 15 is 0 Å². The van der Waals surface area contributed by atoms with Gasteiger partial charge in [0, 0.05) is 28.5 Å². The quantitative estimate of drug-likeness (QED) is 0.891. The first-order chi connectivity index (χ1) is 9.95. The highest BCUT2D eigenvalue weighted by atomic mass is 32.1. The van der Waals surface area contributed by atoms with Gasteiger partial charge in [-0.1, -0.05) is 13.8 Å². The minimum absolute atomic E-state index is 0.513. The van der Waals surface area contributed by atoms with E-state index in [9.17, 15) is 0 Å². The first-order valence-electron chi connectivity index (χ1n) is 7.43. The molecule has 0 radical (unpaired) electrons. The first-order valence-corrected chi connectivity index (χ1v) is 8.31. The minimum Gasteiger partial charge on any atom is -0.314 e. The lowest BCUT2D eigenvalue weighted by atomic mass is 10.1. The van der Waals surface area contributed by atoms with Crippen LogP contribution in [0.5, 0.6) is 0 Å². The van der Waals surface area contributed by atoms with Crippen LogP contribution in [0.3, 0.4) is 0 Å². The Morgan fingerprint density at radius 2 is 1.76 bits per heavy atom. The lowest BCUT2D eigenvalue weighted by Gasteiger charge is -2.12. The van der Waals surface area contributed by atoms with Crippen molar-refractivity contribution in [3.8, 4) is 0 Å². The SMILES string of the molecule is Cc1csc(Cc2nc(C)c(CCNC(C)C)c(C)n2)n1. The number of aromatic nitrogens is 3. The van der Waals surface area contributed by atoms with Gasteiger partial charge in [0.15, 0.2) is 0 Å². The molecule has 0 aliphatic carbocycles. The molecule has 0 atom stereocenters. The van der Waals surface area contributed by atoms with Crippen LogP contribution in [0.2, 0.25) is 0 Å². The van der Waals surface area contributed by atoms with Crippen molar-refractivity contribution in [1.82, 2.24) is 20.3 Å². The summed E-state index contributed by atoms with van der Waals surface area (Å²) >= 11 is 1.68. The zero-order valence-corrected chi connectivity index (χ0v) is 14.3. The summed E-state index contributed by atoms with van der Waals surface area (Å²) in [7, 11) is 0. The molecule has 0 aromatic carbocycles. The van der Waals surface area contributed by atoms with Gasteiger partial charge in [-0.25, -0.2) is 15.0 Å². The van der Waals surface area contributed by atoms with Gasteiger partial charge in [-0.05, 0) is 39.3 Å². The Balaban J connectivity index is 2.09. The summed E-state index contributed by atoms with van der Waals surface area (Å²) in [6.07, 6.45) is 1.71. The number of rotatable bonds is 6. The first kappa shape index (κ1) is 16.0. The zero-order chi connectivity index (χ0) is 15.4. The highest BCUT2D eigenvalue weighted by Gasteiger charge is 2.10. The number of thiazole rings is 1. The van der Waals surface area contributed by atoms with Crippen LogP contribution in [0, 0.1) is 20.8 Å². The van der Waals surface area contributed by atoms with Crippen LogP contribution in [0.25, 0.3) is 0 Å². The molecule has 0 bridgehead atoms. The molecular weight excluding hydrogens is 280 g/mol. The van der Waals surface area contributed by atoms with Crippen LogP contribution in [0.1, 0.15) is 47.3 Å². The maximum atomic E-state index is 4.66. The van der Waals surface area contributed by atoms with E-state index in [0.717, 1.165) is 47.3 Å². The fraction of sp³-hybridized carbons (Fsp3) is 0.562. The molecule has 0 spiro atoms. The Morgan fingerprint density at radius 1 is 1.10 bits per heavy atom.